The SMILES string of the molecule is CCC(C)[C@H](NC(=O)c1cccc(C)c1[N+](=O)[O-])C(=O)O. The van der Waals surface area contributed by atoms with Gasteiger partial charge in [-0.05, 0) is 18.9 Å². The number of hydrogen-bond acceptors (Lipinski definition) is 4. The van der Waals surface area contributed by atoms with Crippen LogP contribution in [0.3, 0.4) is 0 Å². The maximum absolute atomic E-state index is 12.2. The molecule has 7 nitrogen and oxygen atoms in total. The molecule has 0 saturated heterocycles. The molecule has 0 spiro atoms. The van der Waals surface area contributed by atoms with E-state index in [2.05, 4.69) is 5.32 Å². The number of nitrogens with zero attached hydrogens (tertiary/aromatic N) is 1. The maximum atomic E-state index is 12.2. The molecule has 0 bridgehead atoms. The Morgan fingerprint density at radius 2 is 2.05 bits per heavy atom. The molecular formula is C14H18N2O5. The molecule has 114 valence electrons. The Labute approximate surface area is 122 Å². The Balaban J connectivity index is 3.12. The Morgan fingerprint density at radius 3 is 2.52 bits per heavy atom. The Kier molecular flexibility index (Phi) is 5.40. The zero-order valence-electron chi connectivity index (χ0n) is 12.1. The van der Waals surface area contributed by atoms with Gasteiger partial charge in [-0.15, -0.1) is 0 Å². The lowest BCUT2D eigenvalue weighted by molar-refractivity contribution is -0.385. The van der Waals surface area contributed by atoms with Gasteiger partial charge < -0.3 is 10.4 Å². The number of benzene rings is 1. The van der Waals surface area contributed by atoms with Crippen LogP contribution in [0.15, 0.2) is 18.2 Å². The molecule has 1 rings (SSSR count). The van der Waals surface area contributed by atoms with Crippen LogP contribution in [-0.2, 0) is 4.79 Å². The minimum atomic E-state index is -1.16. The normalized spacial score (nSPS) is 13.3. The third-order valence-corrected chi connectivity index (χ3v) is 3.43. The number of aliphatic carboxylic acids is 1. The van der Waals surface area contributed by atoms with E-state index in [1.807, 2.05) is 6.92 Å². The average molecular weight is 294 g/mol. The smallest absolute Gasteiger partial charge is 0.326 e. The third kappa shape index (κ3) is 3.77. The standard InChI is InChI=1S/C14H18N2O5/c1-4-8(2)11(14(18)19)15-13(17)10-7-5-6-9(3)12(10)16(20)21/h5-8,11H,4H2,1-3H3,(H,15,17)(H,18,19)/t8?,11-/m0/s1. The van der Waals surface area contributed by atoms with E-state index in [1.54, 1.807) is 6.92 Å². The second-order valence-electron chi connectivity index (χ2n) is 4.90. The molecule has 0 aromatic heterocycles. The second kappa shape index (κ2) is 6.83. The van der Waals surface area contributed by atoms with Crippen molar-refractivity contribution in [3.05, 3.63) is 39.4 Å². The summed E-state index contributed by atoms with van der Waals surface area (Å²) in [5, 5.41) is 22.6. The van der Waals surface area contributed by atoms with E-state index in [0.29, 0.717) is 12.0 Å². The fraction of sp³-hybridized carbons (Fsp3) is 0.429. The highest BCUT2D eigenvalue weighted by Gasteiger charge is 2.29. The topological polar surface area (TPSA) is 110 Å². The summed E-state index contributed by atoms with van der Waals surface area (Å²) in [5.74, 6) is -2.19. The summed E-state index contributed by atoms with van der Waals surface area (Å²) < 4.78 is 0. The molecule has 0 heterocycles. The number of aryl methyl sites for hydroxylation is 1. The van der Waals surface area contributed by atoms with Crippen molar-refractivity contribution in [2.24, 2.45) is 5.92 Å². The molecule has 2 atom stereocenters. The molecule has 7 heteroatoms. The molecule has 1 aromatic rings. The summed E-state index contributed by atoms with van der Waals surface area (Å²) in [6, 6.07) is 3.28. The molecule has 0 aliphatic rings. The second-order valence-corrected chi connectivity index (χ2v) is 4.90. The van der Waals surface area contributed by atoms with Crippen LogP contribution in [0.5, 0.6) is 0 Å². The quantitative estimate of drug-likeness (QED) is 0.617. The van der Waals surface area contributed by atoms with E-state index in [1.165, 1.54) is 25.1 Å². The molecule has 0 radical (unpaired) electrons. The largest absolute Gasteiger partial charge is 0.480 e. The van der Waals surface area contributed by atoms with Crippen LogP contribution in [0.2, 0.25) is 0 Å². The van der Waals surface area contributed by atoms with Gasteiger partial charge in [-0.2, -0.15) is 0 Å². The van der Waals surface area contributed by atoms with Crippen molar-refractivity contribution in [3.63, 3.8) is 0 Å². The van der Waals surface area contributed by atoms with E-state index in [4.69, 9.17) is 5.11 Å². The van der Waals surface area contributed by atoms with Crippen LogP contribution < -0.4 is 5.32 Å². The lowest BCUT2D eigenvalue weighted by Gasteiger charge is -2.20. The zero-order chi connectivity index (χ0) is 16.2. The lowest BCUT2D eigenvalue weighted by Crippen LogP contribution is -2.45. The Morgan fingerprint density at radius 1 is 1.43 bits per heavy atom. The van der Waals surface area contributed by atoms with E-state index in [-0.39, 0.29) is 17.2 Å². The van der Waals surface area contributed by atoms with Crippen LogP contribution in [0, 0.1) is 23.0 Å². The van der Waals surface area contributed by atoms with Crippen molar-refractivity contribution >= 4 is 17.6 Å². The molecule has 1 unspecified atom stereocenters. The van der Waals surface area contributed by atoms with Crippen LogP contribution in [-0.4, -0.2) is 27.9 Å². The Hall–Kier alpha value is -2.44. The molecule has 1 amide bonds. The van der Waals surface area contributed by atoms with Crippen LogP contribution >= 0.6 is 0 Å². The van der Waals surface area contributed by atoms with Gasteiger partial charge in [0.25, 0.3) is 11.6 Å². The molecule has 0 saturated carbocycles. The van der Waals surface area contributed by atoms with Crippen molar-refractivity contribution in [1.29, 1.82) is 0 Å². The first kappa shape index (κ1) is 16.6. The van der Waals surface area contributed by atoms with Crippen molar-refractivity contribution < 1.29 is 19.6 Å². The fourth-order valence-corrected chi connectivity index (χ4v) is 1.99. The van der Waals surface area contributed by atoms with E-state index in [9.17, 15) is 19.7 Å². The lowest BCUT2D eigenvalue weighted by atomic mass is 9.98. The number of carboxylic acids is 1. The molecule has 0 aliphatic heterocycles. The van der Waals surface area contributed by atoms with Crippen LogP contribution in [0.1, 0.15) is 36.2 Å². The molecule has 0 fully saturated rings. The molecule has 2 N–H and O–H groups in total. The number of carbonyl (C=O) groups is 2. The number of carbonyl (C=O) groups excluding carboxylic acids is 1. The van der Waals surface area contributed by atoms with Gasteiger partial charge in [0, 0.05) is 5.56 Å². The number of hydrogen-bond donors (Lipinski definition) is 2. The number of nitro groups is 1. The first-order valence-corrected chi connectivity index (χ1v) is 6.57. The summed E-state index contributed by atoms with van der Waals surface area (Å²) in [5.41, 5.74) is -0.0825. The van der Waals surface area contributed by atoms with Gasteiger partial charge in [0.15, 0.2) is 0 Å². The number of nitrogens with one attached hydrogen (secondary N) is 1. The molecule has 0 aliphatic carbocycles. The maximum Gasteiger partial charge on any atom is 0.326 e. The molecule has 21 heavy (non-hydrogen) atoms. The predicted molar refractivity (Wildman–Crippen MR) is 76.2 cm³/mol. The average Bonchev–Trinajstić information content (AvgIpc) is 2.42. The fourth-order valence-electron chi connectivity index (χ4n) is 1.99. The zero-order valence-corrected chi connectivity index (χ0v) is 12.1. The summed E-state index contributed by atoms with van der Waals surface area (Å²) in [4.78, 5) is 33.8. The van der Waals surface area contributed by atoms with Crippen LogP contribution in [0.4, 0.5) is 5.69 Å². The van der Waals surface area contributed by atoms with Gasteiger partial charge >= 0.3 is 5.97 Å². The van der Waals surface area contributed by atoms with E-state index >= 15 is 0 Å². The summed E-state index contributed by atoms with van der Waals surface area (Å²) in [7, 11) is 0. The summed E-state index contributed by atoms with van der Waals surface area (Å²) in [6.07, 6.45) is 0.563. The van der Waals surface area contributed by atoms with E-state index in [0.717, 1.165) is 0 Å². The number of nitro benzene ring substituents is 1. The van der Waals surface area contributed by atoms with Crippen molar-refractivity contribution in [3.8, 4) is 0 Å². The highest BCUT2D eigenvalue weighted by atomic mass is 16.6. The Bertz CT molecular complexity index is 570. The minimum absolute atomic E-state index is 0.130. The predicted octanol–water partition coefficient (Wildman–Crippen LogP) is 2.13. The van der Waals surface area contributed by atoms with Crippen LogP contribution in [0.25, 0.3) is 0 Å². The van der Waals surface area contributed by atoms with Gasteiger partial charge in [0.05, 0.1) is 4.92 Å². The third-order valence-electron chi connectivity index (χ3n) is 3.43. The first-order valence-electron chi connectivity index (χ1n) is 6.57. The summed E-state index contributed by atoms with van der Waals surface area (Å²) in [6.45, 7) is 5.03. The summed E-state index contributed by atoms with van der Waals surface area (Å²) >= 11 is 0. The van der Waals surface area contributed by atoms with Crippen molar-refractivity contribution in [2.45, 2.75) is 33.2 Å². The van der Waals surface area contributed by atoms with Crippen molar-refractivity contribution in [1.82, 2.24) is 5.32 Å². The minimum Gasteiger partial charge on any atom is -0.480 e. The number of para-hydroxylation sites is 1. The highest BCUT2D eigenvalue weighted by molar-refractivity contribution is 6.00. The first-order chi connectivity index (χ1) is 9.79. The highest BCUT2D eigenvalue weighted by Crippen LogP contribution is 2.23. The van der Waals surface area contributed by atoms with Crippen molar-refractivity contribution in [2.75, 3.05) is 0 Å². The van der Waals surface area contributed by atoms with E-state index < -0.39 is 22.8 Å². The molecular weight excluding hydrogens is 276 g/mol. The van der Waals surface area contributed by atoms with Gasteiger partial charge in [0.2, 0.25) is 0 Å². The number of carboxylic acid groups (broad SMARTS) is 1. The van der Waals surface area contributed by atoms with Gasteiger partial charge in [0.1, 0.15) is 11.6 Å². The molecule has 1 aromatic carbocycles. The number of amides is 1. The monoisotopic (exact) mass is 294 g/mol. The number of rotatable bonds is 6. The van der Waals surface area contributed by atoms with Gasteiger partial charge in [-0.1, -0.05) is 32.4 Å². The van der Waals surface area contributed by atoms with Gasteiger partial charge in [-0.3, -0.25) is 14.9 Å². The van der Waals surface area contributed by atoms with Gasteiger partial charge in [-0.25, -0.2) is 4.79 Å².